The van der Waals surface area contributed by atoms with Crippen LogP contribution in [0.3, 0.4) is 0 Å². The van der Waals surface area contributed by atoms with Gasteiger partial charge in [0.25, 0.3) is 0 Å². The monoisotopic (exact) mass is 194 g/mol. The summed E-state index contributed by atoms with van der Waals surface area (Å²) < 4.78 is 38.4. The lowest BCUT2D eigenvalue weighted by molar-refractivity contribution is 0.486. The molecule has 1 rings (SSSR count). The molecular weight excluding hydrogens is 189 g/mol. The number of rotatable bonds is 0. The molecule has 12 heavy (non-hydrogen) atoms. The van der Waals surface area contributed by atoms with Crippen LogP contribution in [0.2, 0.25) is 5.02 Å². The van der Waals surface area contributed by atoms with Crippen LogP contribution in [0, 0.1) is 31.3 Å². The molecule has 66 valence electrons. The van der Waals surface area contributed by atoms with Crippen LogP contribution in [0.1, 0.15) is 11.1 Å². The van der Waals surface area contributed by atoms with Gasteiger partial charge in [-0.3, -0.25) is 0 Å². The average Bonchev–Trinajstić information content (AvgIpc) is 2.08. The molecule has 0 aliphatic heterocycles. The highest BCUT2D eigenvalue weighted by atomic mass is 35.5. The maximum absolute atomic E-state index is 12.9. The van der Waals surface area contributed by atoms with E-state index in [9.17, 15) is 13.2 Å². The fourth-order valence-corrected chi connectivity index (χ4v) is 1.08. The van der Waals surface area contributed by atoms with E-state index >= 15 is 0 Å². The molecule has 0 bridgehead atoms. The molecule has 0 fully saturated rings. The van der Waals surface area contributed by atoms with Crippen LogP contribution in [-0.2, 0) is 0 Å². The van der Waals surface area contributed by atoms with E-state index in [0.717, 1.165) is 0 Å². The first-order valence-corrected chi connectivity index (χ1v) is 3.63. The van der Waals surface area contributed by atoms with Crippen molar-refractivity contribution in [3.63, 3.8) is 0 Å². The number of halogens is 4. The normalized spacial score (nSPS) is 10.5. The molecule has 1 aromatic carbocycles. The van der Waals surface area contributed by atoms with Crippen LogP contribution in [0.25, 0.3) is 0 Å². The highest BCUT2D eigenvalue weighted by molar-refractivity contribution is 6.31. The first-order valence-electron chi connectivity index (χ1n) is 3.26. The Hall–Kier alpha value is -0.700. The maximum atomic E-state index is 12.9. The Bertz CT molecular complexity index is 229. The lowest BCUT2D eigenvalue weighted by Gasteiger charge is -2.06. The largest absolute Gasteiger partial charge is 0.205 e. The topological polar surface area (TPSA) is 0 Å². The van der Waals surface area contributed by atoms with Crippen molar-refractivity contribution in [1.29, 1.82) is 0 Å². The highest BCUT2D eigenvalue weighted by Crippen LogP contribution is 2.27. The Balaban J connectivity index is 3.60. The molecule has 0 heterocycles. The molecule has 0 saturated heterocycles. The Labute approximate surface area is 73.0 Å². The smallest absolute Gasteiger partial charge is 0.180 e. The van der Waals surface area contributed by atoms with E-state index in [1.54, 1.807) is 0 Å². The van der Waals surface area contributed by atoms with Crippen molar-refractivity contribution in [3.8, 4) is 0 Å². The second-order valence-electron chi connectivity index (χ2n) is 2.51. The molecule has 1 aromatic rings. The Morgan fingerprint density at radius 3 is 1.75 bits per heavy atom. The third kappa shape index (κ3) is 1.18. The predicted octanol–water partition coefficient (Wildman–Crippen LogP) is 3.37. The standard InChI is InChI=1S/C8H6ClF3/c1-3-4(2)7(11)8(12)5(9)6(3)10/h1-2H3. The molecule has 0 atom stereocenters. The summed E-state index contributed by atoms with van der Waals surface area (Å²) in [6.07, 6.45) is 0. The summed E-state index contributed by atoms with van der Waals surface area (Å²) in [5.74, 6) is -3.30. The summed E-state index contributed by atoms with van der Waals surface area (Å²) in [6.45, 7) is 2.65. The van der Waals surface area contributed by atoms with Gasteiger partial charge < -0.3 is 0 Å². The van der Waals surface area contributed by atoms with Gasteiger partial charge in [-0.1, -0.05) is 11.6 Å². The van der Waals surface area contributed by atoms with Gasteiger partial charge in [0.2, 0.25) is 0 Å². The van der Waals surface area contributed by atoms with Gasteiger partial charge in [-0.15, -0.1) is 0 Å². The van der Waals surface area contributed by atoms with E-state index in [-0.39, 0.29) is 11.1 Å². The van der Waals surface area contributed by atoms with E-state index in [4.69, 9.17) is 11.6 Å². The zero-order chi connectivity index (χ0) is 9.46. The second kappa shape index (κ2) is 2.98. The van der Waals surface area contributed by atoms with Crippen LogP contribution in [0.15, 0.2) is 0 Å². The van der Waals surface area contributed by atoms with Crippen molar-refractivity contribution in [2.24, 2.45) is 0 Å². The summed E-state index contributed by atoms with van der Waals surface area (Å²) in [5, 5.41) is -0.782. The molecule has 0 unspecified atom stereocenters. The van der Waals surface area contributed by atoms with E-state index in [1.165, 1.54) is 13.8 Å². The number of hydrogen-bond acceptors (Lipinski definition) is 0. The molecule has 0 N–H and O–H groups in total. The molecule has 0 nitrogen and oxygen atoms in total. The van der Waals surface area contributed by atoms with E-state index in [1.807, 2.05) is 0 Å². The minimum Gasteiger partial charge on any atom is -0.205 e. The third-order valence-corrected chi connectivity index (χ3v) is 2.13. The van der Waals surface area contributed by atoms with Gasteiger partial charge in [-0.2, -0.15) is 0 Å². The van der Waals surface area contributed by atoms with Crippen molar-refractivity contribution in [3.05, 3.63) is 33.6 Å². The van der Waals surface area contributed by atoms with Crippen molar-refractivity contribution >= 4 is 11.6 Å². The highest BCUT2D eigenvalue weighted by Gasteiger charge is 2.18. The Morgan fingerprint density at radius 1 is 0.833 bits per heavy atom. The fraction of sp³-hybridized carbons (Fsp3) is 0.250. The Morgan fingerprint density at radius 2 is 1.25 bits per heavy atom. The van der Waals surface area contributed by atoms with E-state index < -0.39 is 22.5 Å². The first kappa shape index (κ1) is 9.39. The third-order valence-electron chi connectivity index (χ3n) is 1.80. The van der Waals surface area contributed by atoms with E-state index in [0.29, 0.717) is 0 Å². The van der Waals surface area contributed by atoms with Crippen LogP contribution < -0.4 is 0 Å². The van der Waals surface area contributed by atoms with Gasteiger partial charge >= 0.3 is 0 Å². The summed E-state index contributed by atoms with van der Waals surface area (Å²) in [7, 11) is 0. The lowest BCUT2D eigenvalue weighted by Crippen LogP contribution is -1.98. The van der Waals surface area contributed by atoms with Gasteiger partial charge in [-0.25, -0.2) is 13.2 Å². The maximum Gasteiger partial charge on any atom is 0.180 e. The van der Waals surface area contributed by atoms with Crippen molar-refractivity contribution in [2.45, 2.75) is 13.8 Å². The quantitative estimate of drug-likeness (QED) is 0.439. The van der Waals surface area contributed by atoms with Crippen molar-refractivity contribution in [2.75, 3.05) is 0 Å². The van der Waals surface area contributed by atoms with Gasteiger partial charge in [0.05, 0.1) is 0 Å². The predicted molar refractivity (Wildman–Crippen MR) is 40.8 cm³/mol. The zero-order valence-corrected chi connectivity index (χ0v) is 7.27. The summed E-state index contributed by atoms with van der Waals surface area (Å²) in [4.78, 5) is 0. The van der Waals surface area contributed by atoms with Gasteiger partial charge in [0.1, 0.15) is 10.8 Å². The average molecular weight is 195 g/mol. The number of hydrogen-bond donors (Lipinski definition) is 0. The van der Waals surface area contributed by atoms with Crippen LogP contribution in [0.4, 0.5) is 13.2 Å². The molecule has 0 aliphatic rings. The molecule has 0 saturated carbocycles. The van der Waals surface area contributed by atoms with Crippen LogP contribution in [0.5, 0.6) is 0 Å². The first-order chi connectivity index (χ1) is 5.46. The van der Waals surface area contributed by atoms with E-state index in [2.05, 4.69) is 0 Å². The SMILES string of the molecule is Cc1c(C)c(F)c(Cl)c(F)c1F. The lowest BCUT2D eigenvalue weighted by atomic mass is 10.1. The number of benzene rings is 1. The Kier molecular flexibility index (Phi) is 2.33. The van der Waals surface area contributed by atoms with Gasteiger partial charge in [0.15, 0.2) is 11.6 Å². The second-order valence-corrected chi connectivity index (χ2v) is 2.88. The van der Waals surface area contributed by atoms with Crippen molar-refractivity contribution in [1.82, 2.24) is 0 Å². The molecule has 0 radical (unpaired) electrons. The minimum absolute atomic E-state index is 0.0406. The molecule has 0 amide bonds. The summed E-state index contributed by atoms with van der Waals surface area (Å²) in [5.41, 5.74) is -0.00620. The minimum atomic E-state index is -1.32. The van der Waals surface area contributed by atoms with Crippen LogP contribution in [-0.4, -0.2) is 0 Å². The van der Waals surface area contributed by atoms with Crippen molar-refractivity contribution < 1.29 is 13.2 Å². The summed E-state index contributed by atoms with van der Waals surface area (Å²) >= 11 is 5.17. The molecule has 0 aliphatic carbocycles. The summed E-state index contributed by atoms with van der Waals surface area (Å²) in [6, 6.07) is 0. The fourth-order valence-electron chi connectivity index (χ4n) is 0.851. The molecule has 0 aromatic heterocycles. The zero-order valence-electron chi connectivity index (χ0n) is 6.51. The molecule has 0 spiro atoms. The van der Waals surface area contributed by atoms with Gasteiger partial charge in [-0.05, 0) is 25.0 Å². The molecular formula is C8H6ClF3. The van der Waals surface area contributed by atoms with Crippen LogP contribution >= 0.6 is 11.6 Å². The molecule has 4 heteroatoms. The van der Waals surface area contributed by atoms with Gasteiger partial charge in [0, 0.05) is 0 Å².